The highest BCUT2D eigenvalue weighted by Crippen LogP contribution is 2.42. The van der Waals surface area contributed by atoms with Crippen LogP contribution in [0.15, 0.2) is 97.1 Å². The molecule has 1 aliphatic rings. The van der Waals surface area contributed by atoms with E-state index in [0.29, 0.717) is 36.2 Å². The van der Waals surface area contributed by atoms with Crippen LogP contribution in [-0.4, -0.2) is 38.3 Å². The predicted octanol–water partition coefficient (Wildman–Crippen LogP) is 8.81. The second-order valence-corrected chi connectivity index (χ2v) is 11.3. The van der Waals surface area contributed by atoms with Crippen LogP contribution in [0.1, 0.15) is 24.8 Å². The molecule has 1 aromatic heterocycles. The highest BCUT2D eigenvalue weighted by Gasteiger charge is 2.15. The Balaban J connectivity index is 1.23. The number of fused-ring (bicyclic) bond motifs is 1. The van der Waals surface area contributed by atoms with Crippen molar-refractivity contribution in [2.45, 2.75) is 25.9 Å². The van der Waals surface area contributed by atoms with E-state index in [2.05, 4.69) is 53.4 Å². The molecule has 6 heteroatoms. The Bertz CT molecular complexity index is 1540. The van der Waals surface area contributed by atoms with Crippen molar-refractivity contribution in [1.82, 2.24) is 4.90 Å². The van der Waals surface area contributed by atoms with Crippen molar-refractivity contribution >= 4 is 21.4 Å². The molecule has 2 heterocycles. The fourth-order valence-corrected chi connectivity index (χ4v) is 6.19. The first-order valence-electron chi connectivity index (χ1n) is 14.3. The molecule has 0 amide bonds. The van der Waals surface area contributed by atoms with Crippen molar-refractivity contribution in [3.63, 3.8) is 0 Å². The number of rotatable bonds is 11. The summed E-state index contributed by atoms with van der Waals surface area (Å²) in [7, 11) is 1.65. The quantitative estimate of drug-likeness (QED) is 0.160. The third kappa shape index (κ3) is 6.84. The van der Waals surface area contributed by atoms with Crippen molar-refractivity contribution in [1.29, 1.82) is 0 Å². The van der Waals surface area contributed by atoms with Crippen molar-refractivity contribution < 1.29 is 18.9 Å². The minimum Gasteiger partial charge on any atom is -0.493 e. The predicted molar refractivity (Wildman–Crippen MR) is 167 cm³/mol. The second-order valence-electron chi connectivity index (χ2n) is 10.2. The maximum atomic E-state index is 6.50. The van der Waals surface area contributed by atoms with E-state index in [0.717, 1.165) is 36.5 Å². The number of piperidine rings is 1. The standard InChI is InChI=1S/C35H35NO4S/c1-37-32-24-29(38-21-20-36-18-8-3-9-19-36)15-17-31(32)40-33-22-28(35-23-27-12-6-7-13-34(27)41-35)14-16-30(33)39-25-26-10-4-2-5-11-26/h2,4-7,10-17,22-24H,3,8-9,18-21,25H2,1H3. The van der Waals surface area contributed by atoms with Gasteiger partial charge in [0.2, 0.25) is 0 Å². The van der Waals surface area contributed by atoms with Crippen molar-refractivity contribution in [3.8, 4) is 39.2 Å². The van der Waals surface area contributed by atoms with Gasteiger partial charge in [-0.05, 0) is 84.9 Å². The monoisotopic (exact) mass is 565 g/mol. The molecule has 0 atom stereocenters. The molecular weight excluding hydrogens is 530 g/mol. The topological polar surface area (TPSA) is 40.2 Å². The molecule has 5 aromatic rings. The highest BCUT2D eigenvalue weighted by atomic mass is 32.1. The van der Waals surface area contributed by atoms with Crippen molar-refractivity contribution in [2.75, 3.05) is 33.4 Å². The summed E-state index contributed by atoms with van der Waals surface area (Å²) in [4.78, 5) is 3.65. The summed E-state index contributed by atoms with van der Waals surface area (Å²) in [6.07, 6.45) is 3.89. The van der Waals surface area contributed by atoms with Gasteiger partial charge in [-0.25, -0.2) is 0 Å². The maximum Gasteiger partial charge on any atom is 0.170 e. The summed E-state index contributed by atoms with van der Waals surface area (Å²) in [5.41, 5.74) is 2.17. The van der Waals surface area contributed by atoms with Gasteiger partial charge >= 0.3 is 0 Å². The first kappa shape index (κ1) is 27.2. The van der Waals surface area contributed by atoms with Crippen molar-refractivity contribution in [2.24, 2.45) is 0 Å². The van der Waals surface area contributed by atoms with Crippen molar-refractivity contribution in [3.05, 3.63) is 103 Å². The fraction of sp³-hybridized carbons (Fsp3) is 0.257. The van der Waals surface area contributed by atoms with Crippen LogP contribution in [0.25, 0.3) is 20.5 Å². The molecule has 0 unspecified atom stereocenters. The van der Waals surface area contributed by atoms with E-state index in [9.17, 15) is 0 Å². The molecule has 0 N–H and O–H groups in total. The number of ether oxygens (including phenoxy) is 4. The number of methoxy groups -OCH3 is 1. The van der Waals surface area contributed by atoms with Gasteiger partial charge in [-0.1, -0.05) is 55.0 Å². The van der Waals surface area contributed by atoms with Gasteiger partial charge < -0.3 is 18.9 Å². The van der Waals surface area contributed by atoms with Gasteiger partial charge in [-0.3, -0.25) is 4.90 Å². The van der Waals surface area contributed by atoms with Gasteiger partial charge in [0.15, 0.2) is 23.0 Å². The zero-order valence-electron chi connectivity index (χ0n) is 23.4. The number of nitrogens with zero attached hydrogens (tertiary/aromatic N) is 1. The lowest BCUT2D eigenvalue weighted by atomic mass is 10.1. The number of hydrogen-bond donors (Lipinski definition) is 0. The van der Waals surface area contributed by atoms with Gasteiger partial charge in [0.05, 0.1) is 7.11 Å². The molecule has 0 bridgehead atoms. The van der Waals surface area contributed by atoms with E-state index in [4.69, 9.17) is 18.9 Å². The van der Waals surface area contributed by atoms with Crippen LogP contribution in [0, 0.1) is 0 Å². The van der Waals surface area contributed by atoms with Crippen LogP contribution in [0.4, 0.5) is 0 Å². The molecule has 210 valence electrons. The molecule has 0 spiro atoms. The summed E-state index contributed by atoms with van der Waals surface area (Å²) in [6.45, 7) is 4.36. The van der Waals surface area contributed by atoms with E-state index in [1.54, 1.807) is 18.4 Å². The van der Waals surface area contributed by atoms with Gasteiger partial charge in [0, 0.05) is 22.2 Å². The summed E-state index contributed by atoms with van der Waals surface area (Å²) in [5, 5.41) is 1.23. The molecule has 5 nitrogen and oxygen atoms in total. The Morgan fingerprint density at radius 3 is 2.34 bits per heavy atom. The number of thiophene rings is 1. The van der Waals surface area contributed by atoms with Crippen LogP contribution in [-0.2, 0) is 6.61 Å². The zero-order valence-corrected chi connectivity index (χ0v) is 24.2. The van der Waals surface area contributed by atoms with E-state index in [-0.39, 0.29) is 0 Å². The van der Waals surface area contributed by atoms with Crippen LogP contribution in [0.2, 0.25) is 0 Å². The Hall–Kier alpha value is -4.00. The molecule has 6 rings (SSSR count). The number of hydrogen-bond acceptors (Lipinski definition) is 6. The molecule has 41 heavy (non-hydrogen) atoms. The summed E-state index contributed by atoms with van der Waals surface area (Å²) in [5.74, 6) is 3.29. The fourth-order valence-electron chi connectivity index (χ4n) is 5.14. The lowest BCUT2D eigenvalue weighted by Gasteiger charge is -2.26. The van der Waals surface area contributed by atoms with Crippen LogP contribution >= 0.6 is 11.3 Å². The van der Waals surface area contributed by atoms with Crippen LogP contribution in [0.3, 0.4) is 0 Å². The summed E-state index contributed by atoms with van der Waals surface area (Å²) >= 11 is 1.77. The van der Waals surface area contributed by atoms with Gasteiger partial charge in [0.1, 0.15) is 19.0 Å². The first-order chi connectivity index (χ1) is 20.2. The van der Waals surface area contributed by atoms with E-state index in [1.165, 1.54) is 34.2 Å². The lowest BCUT2D eigenvalue weighted by molar-refractivity contribution is 0.183. The van der Waals surface area contributed by atoms with E-state index >= 15 is 0 Å². The molecule has 0 radical (unpaired) electrons. The lowest BCUT2D eigenvalue weighted by Crippen LogP contribution is -2.33. The van der Waals surface area contributed by atoms with Gasteiger partial charge in [0.25, 0.3) is 0 Å². The zero-order chi connectivity index (χ0) is 27.9. The van der Waals surface area contributed by atoms with Gasteiger partial charge in [-0.2, -0.15) is 0 Å². The second kappa shape index (κ2) is 13.1. The Kier molecular flexibility index (Phi) is 8.69. The Morgan fingerprint density at radius 1 is 0.707 bits per heavy atom. The SMILES string of the molecule is COc1cc(OCCN2CCCCC2)ccc1Oc1cc(-c2cc3ccccc3s2)ccc1OCc1ccccc1. The Morgan fingerprint density at radius 2 is 1.51 bits per heavy atom. The number of benzene rings is 4. The first-order valence-corrected chi connectivity index (χ1v) is 15.1. The van der Waals surface area contributed by atoms with E-state index in [1.807, 2.05) is 48.5 Å². The molecule has 1 aliphatic heterocycles. The summed E-state index contributed by atoms with van der Waals surface area (Å²) in [6, 6.07) is 32.7. The molecular formula is C35H35NO4S. The third-order valence-corrected chi connectivity index (χ3v) is 8.54. The molecule has 1 saturated heterocycles. The molecule has 0 saturated carbocycles. The van der Waals surface area contributed by atoms with E-state index < -0.39 is 0 Å². The largest absolute Gasteiger partial charge is 0.493 e. The molecule has 4 aromatic carbocycles. The molecule has 1 fully saturated rings. The minimum atomic E-state index is 0.445. The molecule has 0 aliphatic carbocycles. The van der Waals surface area contributed by atoms with Crippen LogP contribution < -0.4 is 18.9 Å². The average Bonchev–Trinajstić information content (AvgIpc) is 3.47. The normalized spacial score (nSPS) is 13.7. The third-order valence-electron chi connectivity index (χ3n) is 7.37. The highest BCUT2D eigenvalue weighted by molar-refractivity contribution is 7.22. The number of likely N-dealkylation sites (tertiary alicyclic amines) is 1. The summed E-state index contributed by atoms with van der Waals surface area (Å²) < 4.78 is 25.8. The van der Waals surface area contributed by atoms with Gasteiger partial charge in [-0.15, -0.1) is 11.3 Å². The minimum absolute atomic E-state index is 0.445. The maximum absolute atomic E-state index is 6.50. The Labute approximate surface area is 245 Å². The smallest absolute Gasteiger partial charge is 0.170 e. The average molecular weight is 566 g/mol. The van der Waals surface area contributed by atoms with Crippen LogP contribution in [0.5, 0.6) is 28.7 Å².